The number of methoxy groups -OCH3 is 1. The maximum Gasteiger partial charge on any atom is 0.356 e. The van der Waals surface area contributed by atoms with Crippen LogP contribution in [0.5, 0.6) is 0 Å². The number of aromatic nitrogens is 1. The molecule has 2 aromatic heterocycles. The lowest BCUT2D eigenvalue weighted by molar-refractivity contribution is -0.117. The van der Waals surface area contributed by atoms with Gasteiger partial charge in [-0.1, -0.05) is 0 Å². The first-order valence-corrected chi connectivity index (χ1v) is 8.08. The van der Waals surface area contributed by atoms with Crippen molar-refractivity contribution in [3.63, 3.8) is 0 Å². The second-order valence-electron chi connectivity index (χ2n) is 6.13. The van der Waals surface area contributed by atoms with Gasteiger partial charge in [0.25, 0.3) is 0 Å². The molecule has 1 aromatic carbocycles. The van der Waals surface area contributed by atoms with E-state index >= 15 is 0 Å². The van der Waals surface area contributed by atoms with Gasteiger partial charge in [-0.25, -0.2) is 14.2 Å². The third-order valence-corrected chi connectivity index (χ3v) is 4.27. The lowest BCUT2D eigenvalue weighted by Gasteiger charge is -2.03. The zero-order chi connectivity index (χ0) is 18.3. The second kappa shape index (κ2) is 6.25. The lowest BCUT2D eigenvalue weighted by Crippen LogP contribution is -2.14. The summed E-state index contributed by atoms with van der Waals surface area (Å²) in [5, 5.41) is 3.49. The topological polar surface area (TPSA) is 81.4 Å². The molecule has 1 N–H and O–H groups in total. The van der Waals surface area contributed by atoms with Crippen molar-refractivity contribution in [3.05, 3.63) is 48.3 Å². The minimum Gasteiger partial charge on any atom is -0.464 e. The number of carbonyl (C=O) groups is 2. The first kappa shape index (κ1) is 16.3. The maximum absolute atomic E-state index is 13.0. The highest BCUT2D eigenvalue weighted by molar-refractivity contribution is 5.97. The molecule has 0 bridgehead atoms. The van der Waals surface area contributed by atoms with Crippen LogP contribution in [-0.2, 0) is 9.53 Å². The highest BCUT2D eigenvalue weighted by Crippen LogP contribution is 2.35. The van der Waals surface area contributed by atoms with Crippen LogP contribution in [0.25, 0.3) is 22.3 Å². The number of amides is 1. The zero-order valence-corrected chi connectivity index (χ0v) is 13.9. The van der Waals surface area contributed by atoms with E-state index in [1.165, 1.54) is 13.3 Å². The van der Waals surface area contributed by atoms with Crippen molar-refractivity contribution in [2.75, 3.05) is 12.4 Å². The molecule has 0 spiro atoms. The van der Waals surface area contributed by atoms with Gasteiger partial charge in [-0.15, -0.1) is 0 Å². The quantitative estimate of drug-likeness (QED) is 0.724. The van der Waals surface area contributed by atoms with Crippen molar-refractivity contribution in [1.29, 1.82) is 0 Å². The molecular weight excluding hydrogens is 339 g/mol. The monoisotopic (exact) mass is 354 g/mol. The molecular formula is C19H15FN2O4. The Morgan fingerprint density at radius 3 is 2.81 bits per heavy atom. The number of esters is 1. The number of ether oxygens (including phenoxy) is 1. The standard InChI is InChI=1S/C19H15FN2O4/c1-25-19(24)15-7-10(4-5-21-15)17-8-11-6-12(2-3-16(11)26-17)22-18(23)13-9-14(13)20/h2-8,13-14H,9H2,1H3,(H,22,23)/t13-,14+/m1/s1. The number of anilines is 1. The molecule has 4 rings (SSSR count). The summed E-state index contributed by atoms with van der Waals surface area (Å²) in [5.74, 6) is -0.821. The number of benzene rings is 1. The van der Waals surface area contributed by atoms with Crippen molar-refractivity contribution in [2.45, 2.75) is 12.6 Å². The number of nitrogens with one attached hydrogen (secondary N) is 1. The number of carbonyl (C=O) groups excluding carboxylic acids is 2. The molecule has 0 aliphatic heterocycles. The SMILES string of the molecule is COC(=O)c1cc(-c2cc3cc(NC(=O)[C@@H]4C[C@@H]4F)ccc3o2)ccn1. The van der Waals surface area contributed by atoms with Gasteiger partial charge < -0.3 is 14.5 Å². The molecule has 0 unspecified atom stereocenters. The van der Waals surface area contributed by atoms with Gasteiger partial charge in [0.2, 0.25) is 5.91 Å². The summed E-state index contributed by atoms with van der Waals surface area (Å²) in [5.41, 5.74) is 2.08. The summed E-state index contributed by atoms with van der Waals surface area (Å²) in [4.78, 5) is 27.4. The zero-order valence-electron chi connectivity index (χ0n) is 13.9. The average molecular weight is 354 g/mol. The van der Waals surface area contributed by atoms with Crippen LogP contribution in [0.1, 0.15) is 16.9 Å². The summed E-state index contributed by atoms with van der Waals surface area (Å²) < 4.78 is 23.5. The van der Waals surface area contributed by atoms with Crippen molar-refractivity contribution in [2.24, 2.45) is 5.92 Å². The Hall–Kier alpha value is -3.22. The first-order chi connectivity index (χ1) is 12.5. The van der Waals surface area contributed by atoms with Crippen molar-refractivity contribution < 1.29 is 23.1 Å². The third-order valence-electron chi connectivity index (χ3n) is 4.27. The number of nitrogens with zero attached hydrogens (tertiary/aromatic N) is 1. The average Bonchev–Trinajstić information content (AvgIpc) is 3.24. The van der Waals surface area contributed by atoms with E-state index in [-0.39, 0.29) is 18.0 Å². The first-order valence-electron chi connectivity index (χ1n) is 8.08. The Balaban J connectivity index is 1.61. The number of alkyl halides is 1. The Bertz CT molecular complexity index is 1010. The molecule has 6 nitrogen and oxygen atoms in total. The van der Waals surface area contributed by atoms with E-state index in [1.807, 2.05) is 0 Å². The van der Waals surface area contributed by atoms with Gasteiger partial charge in [0.15, 0.2) is 0 Å². The number of rotatable bonds is 4. The van der Waals surface area contributed by atoms with Crippen molar-refractivity contribution >= 4 is 28.5 Å². The minimum atomic E-state index is -1.03. The Labute approximate surface area is 148 Å². The molecule has 0 saturated heterocycles. The molecule has 1 saturated carbocycles. The Morgan fingerprint density at radius 2 is 2.08 bits per heavy atom. The normalized spacial score (nSPS) is 18.5. The van der Waals surface area contributed by atoms with E-state index in [2.05, 4.69) is 15.0 Å². The highest BCUT2D eigenvalue weighted by Gasteiger charge is 2.43. The molecule has 0 radical (unpaired) electrons. The summed E-state index contributed by atoms with van der Waals surface area (Å²) in [6.07, 6.45) is 0.757. The fourth-order valence-corrected chi connectivity index (χ4v) is 2.73. The molecule has 26 heavy (non-hydrogen) atoms. The van der Waals surface area contributed by atoms with E-state index in [0.29, 0.717) is 22.6 Å². The molecule has 2 atom stereocenters. The number of halogens is 1. The number of hydrogen-bond acceptors (Lipinski definition) is 5. The number of furan rings is 1. The van der Waals surface area contributed by atoms with Crippen LogP contribution in [0.2, 0.25) is 0 Å². The molecule has 132 valence electrons. The van der Waals surface area contributed by atoms with E-state index < -0.39 is 18.1 Å². The fraction of sp³-hybridized carbons (Fsp3) is 0.211. The van der Waals surface area contributed by atoms with E-state index in [4.69, 9.17) is 4.42 Å². The molecule has 1 aliphatic rings. The predicted molar refractivity (Wildman–Crippen MR) is 92.4 cm³/mol. The fourth-order valence-electron chi connectivity index (χ4n) is 2.73. The highest BCUT2D eigenvalue weighted by atomic mass is 19.1. The molecule has 1 amide bonds. The van der Waals surface area contributed by atoms with Gasteiger partial charge in [-0.3, -0.25) is 4.79 Å². The van der Waals surface area contributed by atoms with Crippen LogP contribution in [0.15, 0.2) is 47.0 Å². The second-order valence-corrected chi connectivity index (χ2v) is 6.13. The van der Waals surface area contributed by atoms with Crippen LogP contribution >= 0.6 is 0 Å². The third kappa shape index (κ3) is 3.03. The largest absolute Gasteiger partial charge is 0.464 e. The van der Waals surface area contributed by atoms with Gasteiger partial charge in [0.05, 0.1) is 13.0 Å². The summed E-state index contributed by atoms with van der Waals surface area (Å²) >= 11 is 0. The number of fused-ring (bicyclic) bond motifs is 1. The van der Waals surface area contributed by atoms with Gasteiger partial charge >= 0.3 is 5.97 Å². The molecule has 3 aromatic rings. The van der Waals surface area contributed by atoms with Crippen LogP contribution in [0.4, 0.5) is 10.1 Å². The van der Waals surface area contributed by atoms with E-state index in [0.717, 1.165) is 5.39 Å². The minimum absolute atomic E-state index is 0.184. The molecule has 1 fully saturated rings. The Kier molecular flexibility index (Phi) is 3.91. The smallest absolute Gasteiger partial charge is 0.356 e. The van der Waals surface area contributed by atoms with Gasteiger partial charge in [0.1, 0.15) is 23.2 Å². The Morgan fingerprint density at radius 1 is 1.27 bits per heavy atom. The van der Waals surface area contributed by atoms with Crippen molar-refractivity contribution in [3.8, 4) is 11.3 Å². The number of pyridine rings is 1. The van der Waals surface area contributed by atoms with Crippen LogP contribution < -0.4 is 5.32 Å². The van der Waals surface area contributed by atoms with Gasteiger partial charge in [-0.05, 0) is 42.8 Å². The molecule has 2 heterocycles. The summed E-state index contributed by atoms with van der Waals surface area (Å²) in [6.45, 7) is 0. The van der Waals surface area contributed by atoms with Gasteiger partial charge in [-0.2, -0.15) is 0 Å². The van der Waals surface area contributed by atoms with Gasteiger partial charge in [0, 0.05) is 22.8 Å². The van der Waals surface area contributed by atoms with E-state index in [1.54, 1.807) is 36.4 Å². The lowest BCUT2D eigenvalue weighted by atomic mass is 10.1. The maximum atomic E-state index is 13.0. The van der Waals surface area contributed by atoms with Crippen molar-refractivity contribution in [1.82, 2.24) is 4.98 Å². The van der Waals surface area contributed by atoms with Crippen LogP contribution in [-0.4, -0.2) is 30.1 Å². The van der Waals surface area contributed by atoms with Crippen LogP contribution in [0.3, 0.4) is 0 Å². The number of hydrogen-bond donors (Lipinski definition) is 1. The predicted octanol–water partition coefficient (Wildman–Crippen LogP) is 3.58. The van der Waals surface area contributed by atoms with E-state index in [9.17, 15) is 14.0 Å². The summed E-state index contributed by atoms with van der Waals surface area (Å²) in [7, 11) is 1.29. The molecule has 1 aliphatic carbocycles. The van der Waals surface area contributed by atoms with Crippen LogP contribution in [0, 0.1) is 5.92 Å². The molecule has 7 heteroatoms. The summed E-state index contributed by atoms with van der Waals surface area (Å²) in [6, 6.07) is 10.3.